The Morgan fingerprint density at radius 2 is 0.692 bits per heavy atom. The van der Waals surface area contributed by atoms with E-state index in [1.807, 2.05) is 27.7 Å². The van der Waals surface area contributed by atoms with Crippen LogP contribution in [0.4, 0.5) is 0 Å². The predicted octanol–water partition coefficient (Wildman–Crippen LogP) is 7.84. The van der Waals surface area contributed by atoms with Crippen LogP contribution in [0.15, 0.2) is 36.4 Å². The average Bonchev–Trinajstić information content (AvgIpc) is 2.97. The Hall–Kier alpha value is -4.09. The fraction of sp³-hybridized carbons (Fsp3) is 0.585. The lowest BCUT2D eigenvalue weighted by Crippen LogP contribution is -2.42. The Kier molecular flexibility index (Phi) is 14.2. The van der Waals surface area contributed by atoms with Crippen LogP contribution in [0, 0.1) is 21.7 Å². The number of Topliss-reactive ketones (excluding diaryl/α,β-unsaturated/α-hetero) is 1. The number of hydrogen-bond donors (Lipinski definition) is 2. The molecule has 0 amide bonds. The number of benzene rings is 2. The molecule has 2 N–H and O–H groups in total. The fourth-order valence-corrected chi connectivity index (χ4v) is 4.27. The van der Waals surface area contributed by atoms with Gasteiger partial charge in [-0.1, -0.05) is 12.1 Å². The smallest absolute Gasteiger partial charge is 0.316 e. The summed E-state index contributed by atoms with van der Waals surface area (Å²) >= 11 is 0. The fourth-order valence-electron chi connectivity index (χ4n) is 4.27. The number of esters is 4. The Bertz CT molecular complexity index is 1510. The number of ether oxygens (including phenoxy) is 4. The zero-order valence-corrected chi connectivity index (χ0v) is 33.9. The minimum absolute atomic E-state index is 0.00635. The first kappa shape index (κ1) is 44.1. The third-order valence-corrected chi connectivity index (χ3v) is 7.43. The van der Waals surface area contributed by atoms with Crippen molar-refractivity contribution in [3.05, 3.63) is 47.5 Å². The minimum atomic E-state index is -0.949. The van der Waals surface area contributed by atoms with Crippen molar-refractivity contribution in [2.45, 2.75) is 135 Å². The summed E-state index contributed by atoms with van der Waals surface area (Å²) in [5.41, 5.74) is -2.51. The third kappa shape index (κ3) is 12.5. The normalized spacial score (nSPS) is 13.7. The van der Waals surface area contributed by atoms with Crippen LogP contribution in [-0.4, -0.2) is 41.7 Å². The van der Waals surface area contributed by atoms with Crippen molar-refractivity contribution in [1.82, 2.24) is 10.6 Å². The van der Waals surface area contributed by atoms with E-state index in [0.29, 0.717) is 11.1 Å². The molecular weight excluding hydrogens is 664 g/mol. The van der Waals surface area contributed by atoms with Gasteiger partial charge >= 0.3 is 23.9 Å². The highest BCUT2D eigenvalue weighted by atomic mass is 16.6. The molecule has 0 heterocycles. The summed E-state index contributed by atoms with van der Waals surface area (Å²) < 4.78 is 23.0. The number of nitrogens with one attached hydrogen (secondary N) is 2. The molecule has 0 saturated heterocycles. The van der Waals surface area contributed by atoms with Gasteiger partial charge in [-0.15, -0.1) is 0 Å². The Labute approximate surface area is 309 Å². The van der Waals surface area contributed by atoms with E-state index in [4.69, 9.17) is 18.9 Å². The molecule has 11 heteroatoms. The van der Waals surface area contributed by atoms with Crippen molar-refractivity contribution in [2.24, 2.45) is 21.7 Å². The van der Waals surface area contributed by atoms with Gasteiger partial charge in [0.25, 0.3) is 0 Å². The largest absolute Gasteiger partial charge is 0.422 e. The highest BCUT2D eigenvalue weighted by Gasteiger charge is 2.35. The molecule has 2 aromatic carbocycles. The minimum Gasteiger partial charge on any atom is -0.422 e. The second-order valence-corrected chi connectivity index (χ2v) is 17.9. The van der Waals surface area contributed by atoms with Gasteiger partial charge in [0, 0.05) is 12.1 Å². The van der Waals surface area contributed by atoms with Gasteiger partial charge in [-0.05, 0) is 146 Å². The summed E-state index contributed by atoms with van der Waals surface area (Å²) in [6.07, 6.45) is 0. The number of hydrogen-bond acceptors (Lipinski definition) is 11. The lowest BCUT2D eigenvalue weighted by molar-refractivity contribution is -0.145. The number of carbonyl (C=O) groups is 5. The molecule has 11 nitrogen and oxygen atoms in total. The lowest BCUT2D eigenvalue weighted by Gasteiger charge is -2.29. The molecule has 0 aliphatic carbocycles. The predicted molar refractivity (Wildman–Crippen MR) is 200 cm³/mol. The molecule has 2 aromatic rings. The van der Waals surface area contributed by atoms with Crippen LogP contribution in [0.1, 0.15) is 134 Å². The first-order valence-electron chi connectivity index (χ1n) is 17.7. The number of carbonyl (C=O) groups excluding carboxylic acids is 5. The van der Waals surface area contributed by atoms with Crippen LogP contribution in [-0.2, 0) is 24.0 Å². The van der Waals surface area contributed by atoms with Crippen LogP contribution in [0.3, 0.4) is 0 Å². The Balaban J connectivity index is 2.78. The zero-order valence-electron chi connectivity index (χ0n) is 33.9. The molecule has 0 aliphatic rings. The van der Waals surface area contributed by atoms with Gasteiger partial charge in [0.15, 0.2) is 28.8 Å². The van der Waals surface area contributed by atoms with Gasteiger partial charge in [-0.2, -0.15) is 0 Å². The van der Waals surface area contributed by atoms with Crippen molar-refractivity contribution in [1.29, 1.82) is 0 Å². The van der Waals surface area contributed by atoms with Gasteiger partial charge < -0.3 is 29.6 Å². The maximum absolute atomic E-state index is 14.8. The van der Waals surface area contributed by atoms with E-state index in [2.05, 4.69) is 10.6 Å². The molecule has 0 spiro atoms. The van der Waals surface area contributed by atoms with E-state index in [1.165, 1.54) is 24.3 Å². The first-order valence-corrected chi connectivity index (χ1v) is 17.7. The third-order valence-electron chi connectivity index (χ3n) is 7.43. The molecule has 0 bridgehead atoms. The van der Waals surface area contributed by atoms with Crippen LogP contribution >= 0.6 is 0 Å². The van der Waals surface area contributed by atoms with Gasteiger partial charge in [-0.25, -0.2) is 0 Å². The SMILES string of the molecule is CC(C)NC(C(=O)C(NC(C)C)c1ccc(OC(=O)C(C)(C)C)c(OC(=O)C(C)(C)C)c1)c1ccc(OC(=O)C(C)(C)C)c(OC(=O)C(C)(C)C)c1. The van der Waals surface area contributed by atoms with Gasteiger partial charge in [-0.3, -0.25) is 24.0 Å². The van der Waals surface area contributed by atoms with Crippen LogP contribution in [0.5, 0.6) is 23.0 Å². The van der Waals surface area contributed by atoms with Gasteiger partial charge in [0.1, 0.15) is 0 Å². The van der Waals surface area contributed by atoms with Gasteiger partial charge in [0.2, 0.25) is 0 Å². The summed E-state index contributed by atoms with van der Waals surface area (Å²) in [5, 5.41) is 6.69. The van der Waals surface area contributed by atoms with Gasteiger partial charge in [0.05, 0.1) is 33.7 Å². The summed E-state index contributed by atoms with van der Waals surface area (Å²) in [6, 6.07) is 7.15. The summed E-state index contributed by atoms with van der Waals surface area (Å²) in [6.45, 7) is 28.1. The molecule has 0 aliphatic heterocycles. The van der Waals surface area contributed by atoms with Crippen LogP contribution in [0.2, 0.25) is 0 Å². The molecule has 2 rings (SSSR count). The molecule has 288 valence electrons. The highest BCUT2D eigenvalue weighted by Crippen LogP contribution is 2.38. The first-order chi connectivity index (χ1) is 23.5. The topological polar surface area (TPSA) is 146 Å². The molecule has 0 radical (unpaired) electrons. The number of rotatable bonds is 12. The summed E-state index contributed by atoms with van der Waals surface area (Å²) in [7, 11) is 0. The monoisotopic (exact) mass is 724 g/mol. The van der Waals surface area contributed by atoms with E-state index in [-0.39, 0.29) is 40.9 Å². The van der Waals surface area contributed by atoms with Crippen molar-refractivity contribution in [2.75, 3.05) is 0 Å². The van der Waals surface area contributed by atoms with E-state index < -0.39 is 57.6 Å². The number of ketones is 1. The lowest BCUT2D eigenvalue weighted by atomic mass is 9.91. The standard InChI is InChI=1S/C41H60N2O9/c1-23(2)42-31(25-17-19-27(49-34(45)38(5,6)7)29(21-25)51-36(47)40(11,12)13)33(44)32(43-24(3)4)26-18-20-28(50-35(46)39(8,9)10)30(22-26)52-37(48)41(14,15)16/h17-24,31-32,42-43H,1-16H3. The second kappa shape index (κ2) is 16.7. The Morgan fingerprint density at radius 1 is 0.442 bits per heavy atom. The van der Waals surface area contributed by atoms with Crippen LogP contribution in [0.25, 0.3) is 0 Å². The maximum atomic E-state index is 14.8. The van der Waals surface area contributed by atoms with Crippen molar-refractivity contribution in [3.8, 4) is 23.0 Å². The molecule has 0 aromatic heterocycles. The van der Waals surface area contributed by atoms with E-state index >= 15 is 0 Å². The highest BCUT2D eigenvalue weighted by molar-refractivity contribution is 5.92. The van der Waals surface area contributed by atoms with Crippen molar-refractivity contribution < 1.29 is 42.9 Å². The van der Waals surface area contributed by atoms with E-state index in [0.717, 1.165) is 0 Å². The molecule has 2 atom stereocenters. The van der Waals surface area contributed by atoms with Crippen molar-refractivity contribution in [3.63, 3.8) is 0 Å². The van der Waals surface area contributed by atoms with Crippen LogP contribution < -0.4 is 29.6 Å². The van der Waals surface area contributed by atoms with E-state index in [9.17, 15) is 24.0 Å². The molecule has 0 fully saturated rings. The Morgan fingerprint density at radius 3 is 0.923 bits per heavy atom. The maximum Gasteiger partial charge on any atom is 0.316 e. The second-order valence-electron chi connectivity index (χ2n) is 17.9. The summed E-state index contributed by atoms with van der Waals surface area (Å²) in [4.78, 5) is 66.7. The zero-order chi connectivity index (χ0) is 40.1. The molecule has 0 saturated carbocycles. The summed E-state index contributed by atoms with van der Waals surface area (Å²) in [5.74, 6) is -2.39. The molecule has 2 unspecified atom stereocenters. The quantitative estimate of drug-likeness (QED) is 0.163. The van der Waals surface area contributed by atoms with Crippen molar-refractivity contribution >= 4 is 29.7 Å². The molecular formula is C41H60N2O9. The average molecular weight is 725 g/mol. The molecule has 52 heavy (non-hydrogen) atoms. The van der Waals surface area contributed by atoms with E-state index in [1.54, 1.807) is 95.2 Å².